The molecule has 1 aliphatic carbocycles. The van der Waals surface area contributed by atoms with Crippen LogP contribution in [0, 0.1) is 0 Å². The first-order valence-corrected chi connectivity index (χ1v) is 6.13. The van der Waals surface area contributed by atoms with Crippen LogP contribution in [0.4, 0.5) is 0 Å². The molecule has 0 saturated carbocycles. The van der Waals surface area contributed by atoms with Gasteiger partial charge in [0.1, 0.15) is 6.26 Å². The van der Waals surface area contributed by atoms with Gasteiger partial charge in [-0.05, 0) is 28.7 Å². The summed E-state index contributed by atoms with van der Waals surface area (Å²) in [6.45, 7) is 0. The summed E-state index contributed by atoms with van der Waals surface area (Å²) in [7, 11) is 0. The van der Waals surface area contributed by atoms with Crippen LogP contribution in [0.2, 0.25) is 0 Å². The number of aromatic amines is 1. The molecule has 0 fully saturated rings. The number of oxazole rings is 1. The molecule has 0 radical (unpaired) electrons. The Kier molecular flexibility index (Phi) is 3.02. The van der Waals surface area contributed by atoms with E-state index in [1.165, 1.54) is 34.7 Å². The van der Waals surface area contributed by atoms with E-state index in [1.807, 2.05) is 0 Å². The van der Waals surface area contributed by atoms with Crippen LogP contribution in [0.1, 0.15) is 11.1 Å². The first-order valence-electron chi connectivity index (χ1n) is 6.13. The Bertz CT molecular complexity index is 680. The maximum Gasteiger partial charge on any atom is 0.416 e. The summed E-state index contributed by atoms with van der Waals surface area (Å²) >= 11 is 0. The summed E-state index contributed by atoms with van der Waals surface area (Å²) in [5.41, 5.74) is 5.75. The third-order valence-electron chi connectivity index (χ3n) is 3.15. The molecule has 1 aromatic heterocycles. The monoisotopic (exact) mass is 251 g/mol. The largest absolute Gasteiger partial charge is 0.417 e. The van der Waals surface area contributed by atoms with Crippen LogP contribution in [0.15, 0.2) is 70.2 Å². The summed E-state index contributed by atoms with van der Waals surface area (Å²) < 4.78 is 4.22. The minimum absolute atomic E-state index is 0.407. The van der Waals surface area contributed by atoms with Gasteiger partial charge in [-0.2, -0.15) is 0 Å². The van der Waals surface area contributed by atoms with E-state index in [9.17, 15) is 4.79 Å². The molecule has 19 heavy (non-hydrogen) atoms. The van der Waals surface area contributed by atoms with Crippen molar-refractivity contribution in [2.75, 3.05) is 0 Å². The minimum Gasteiger partial charge on any atom is -0.417 e. The molecule has 1 N–H and O–H groups in total. The smallest absolute Gasteiger partial charge is 0.416 e. The van der Waals surface area contributed by atoms with Crippen molar-refractivity contribution in [3.05, 3.63) is 82.7 Å². The molecule has 0 spiro atoms. The molecule has 4 rings (SSSR count). The number of fused-ring (bicyclic) bond motifs is 3. The van der Waals surface area contributed by atoms with Gasteiger partial charge in [0, 0.05) is 6.20 Å². The second kappa shape index (κ2) is 4.98. The molecule has 3 heteroatoms. The first kappa shape index (κ1) is 11.5. The Morgan fingerprint density at radius 1 is 0.895 bits per heavy atom. The van der Waals surface area contributed by atoms with Crippen LogP contribution in [-0.4, -0.2) is 4.98 Å². The summed E-state index contributed by atoms with van der Waals surface area (Å²) in [5.74, 6) is -0.407. The minimum atomic E-state index is -0.407. The molecule has 0 saturated heterocycles. The molecule has 0 amide bonds. The Morgan fingerprint density at radius 3 is 1.89 bits per heavy atom. The highest BCUT2D eigenvalue weighted by atomic mass is 16.4. The Hall–Kier alpha value is -2.55. The SMILES string of the molecule is O=c1[nH]cco1.c1ccc2c(c1)Cc1ccccc1-2. The lowest BCUT2D eigenvalue weighted by Gasteiger charge is -1.98. The number of rotatable bonds is 0. The second-order valence-corrected chi connectivity index (χ2v) is 4.34. The topological polar surface area (TPSA) is 46.0 Å². The quantitative estimate of drug-likeness (QED) is 0.521. The molecule has 3 nitrogen and oxygen atoms in total. The van der Waals surface area contributed by atoms with E-state index in [0.29, 0.717) is 0 Å². The van der Waals surface area contributed by atoms with Crippen molar-refractivity contribution < 1.29 is 4.42 Å². The Morgan fingerprint density at radius 2 is 1.47 bits per heavy atom. The first-order chi connectivity index (χ1) is 9.34. The normalized spacial score (nSPS) is 11.2. The molecule has 0 atom stereocenters. The fraction of sp³-hybridized carbons (Fsp3) is 0.0625. The molecule has 2 aromatic carbocycles. The number of hydrogen-bond acceptors (Lipinski definition) is 2. The van der Waals surface area contributed by atoms with Crippen molar-refractivity contribution in [3.8, 4) is 11.1 Å². The molecule has 0 unspecified atom stereocenters. The highest BCUT2D eigenvalue weighted by Gasteiger charge is 2.15. The lowest BCUT2D eigenvalue weighted by atomic mass is 10.1. The van der Waals surface area contributed by atoms with Crippen LogP contribution >= 0.6 is 0 Å². The van der Waals surface area contributed by atoms with Crippen LogP contribution in [-0.2, 0) is 6.42 Å². The molecule has 1 aliphatic rings. The maximum absolute atomic E-state index is 9.85. The maximum atomic E-state index is 9.85. The number of nitrogens with one attached hydrogen (secondary N) is 1. The van der Waals surface area contributed by atoms with Crippen LogP contribution in [0.25, 0.3) is 11.1 Å². The van der Waals surface area contributed by atoms with E-state index < -0.39 is 5.76 Å². The molecule has 1 heterocycles. The van der Waals surface area contributed by atoms with Gasteiger partial charge in [-0.1, -0.05) is 48.5 Å². The number of hydrogen-bond donors (Lipinski definition) is 1. The number of benzene rings is 2. The van der Waals surface area contributed by atoms with E-state index in [4.69, 9.17) is 0 Å². The highest BCUT2D eigenvalue weighted by Crippen LogP contribution is 2.35. The van der Waals surface area contributed by atoms with Gasteiger partial charge >= 0.3 is 5.76 Å². The van der Waals surface area contributed by atoms with E-state index in [1.54, 1.807) is 0 Å². The van der Waals surface area contributed by atoms with Gasteiger partial charge in [0.15, 0.2) is 0 Å². The second-order valence-electron chi connectivity index (χ2n) is 4.34. The molecule has 3 aromatic rings. The molecular formula is C16H13NO2. The van der Waals surface area contributed by atoms with Crippen LogP contribution in [0.5, 0.6) is 0 Å². The molecule has 0 aliphatic heterocycles. The van der Waals surface area contributed by atoms with Gasteiger partial charge in [0.25, 0.3) is 0 Å². The van der Waals surface area contributed by atoms with Gasteiger partial charge in [0.2, 0.25) is 0 Å². The average Bonchev–Trinajstić information content (AvgIpc) is 3.06. The zero-order valence-electron chi connectivity index (χ0n) is 10.3. The number of aromatic nitrogens is 1. The van der Waals surface area contributed by atoms with Gasteiger partial charge in [-0.15, -0.1) is 0 Å². The highest BCUT2D eigenvalue weighted by molar-refractivity contribution is 5.76. The predicted molar refractivity (Wildman–Crippen MR) is 74.0 cm³/mol. The summed E-state index contributed by atoms with van der Waals surface area (Å²) in [6.07, 6.45) is 3.83. The summed E-state index contributed by atoms with van der Waals surface area (Å²) in [6, 6.07) is 17.3. The lowest BCUT2D eigenvalue weighted by Crippen LogP contribution is -1.91. The Balaban J connectivity index is 0.000000155. The van der Waals surface area contributed by atoms with Crippen molar-refractivity contribution in [1.82, 2.24) is 4.98 Å². The van der Waals surface area contributed by atoms with Crippen LogP contribution in [0.3, 0.4) is 0 Å². The molecular weight excluding hydrogens is 238 g/mol. The molecule has 94 valence electrons. The van der Waals surface area contributed by atoms with Crippen LogP contribution < -0.4 is 5.76 Å². The van der Waals surface area contributed by atoms with Gasteiger partial charge in [0.05, 0.1) is 0 Å². The summed E-state index contributed by atoms with van der Waals surface area (Å²) in [5, 5.41) is 0. The Labute approximate surface area is 110 Å². The lowest BCUT2D eigenvalue weighted by molar-refractivity contribution is 0.515. The average molecular weight is 251 g/mol. The van der Waals surface area contributed by atoms with E-state index >= 15 is 0 Å². The zero-order valence-corrected chi connectivity index (χ0v) is 10.3. The number of H-pyrrole nitrogens is 1. The fourth-order valence-corrected chi connectivity index (χ4v) is 2.31. The van der Waals surface area contributed by atoms with Crippen molar-refractivity contribution in [2.24, 2.45) is 0 Å². The fourth-order valence-electron chi connectivity index (χ4n) is 2.31. The van der Waals surface area contributed by atoms with Crippen molar-refractivity contribution >= 4 is 0 Å². The zero-order chi connectivity index (χ0) is 13.1. The third-order valence-corrected chi connectivity index (χ3v) is 3.15. The standard InChI is InChI=1S/C13H10.C3H3NO2/c1-3-7-12-10(5-1)9-11-6-2-4-8-13(11)12;5-3-4-1-2-6-3/h1-8H,9H2;1-2H,(H,4,5). The van der Waals surface area contributed by atoms with Gasteiger partial charge in [-0.3, -0.25) is 4.98 Å². The van der Waals surface area contributed by atoms with Crippen molar-refractivity contribution in [2.45, 2.75) is 6.42 Å². The van der Waals surface area contributed by atoms with Crippen molar-refractivity contribution in [3.63, 3.8) is 0 Å². The molecule has 0 bridgehead atoms. The van der Waals surface area contributed by atoms with Crippen molar-refractivity contribution in [1.29, 1.82) is 0 Å². The van der Waals surface area contributed by atoms with E-state index in [-0.39, 0.29) is 0 Å². The van der Waals surface area contributed by atoms with E-state index in [2.05, 4.69) is 57.9 Å². The van der Waals surface area contributed by atoms with E-state index in [0.717, 1.165) is 6.42 Å². The van der Waals surface area contributed by atoms with Gasteiger partial charge in [-0.25, -0.2) is 4.79 Å². The predicted octanol–water partition coefficient (Wildman–Crippen LogP) is 3.23. The third kappa shape index (κ3) is 2.36. The summed E-state index contributed by atoms with van der Waals surface area (Å²) in [4.78, 5) is 12.1. The van der Waals surface area contributed by atoms with Gasteiger partial charge < -0.3 is 4.42 Å².